The summed E-state index contributed by atoms with van der Waals surface area (Å²) in [5, 5.41) is 10.7. The summed E-state index contributed by atoms with van der Waals surface area (Å²) in [7, 11) is 0. The average molecular weight is 437 g/mol. The highest BCUT2D eigenvalue weighted by atomic mass is 16.7. The molecule has 0 unspecified atom stereocenters. The first kappa shape index (κ1) is 24.7. The van der Waals surface area contributed by atoms with Crippen molar-refractivity contribution in [1.82, 2.24) is 0 Å². The van der Waals surface area contributed by atoms with Crippen molar-refractivity contribution in [2.75, 3.05) is 6.61 Å². The molecule has 0 N–H and O–H groups in total. The number of unbranched alkanes of at least 4 members (excludes halogenated alkanes) is 1. The van der Waals surface area contributed by atoms with Crippen LogP contribution in [0.4, 0.5) is 5.69 Å². The Hall–Kier alpha value is -2.52. The second-order valence-electron chi connectivity index (χ2n) is 7.71. The summed E-state index contributed by atoms with van der Waals surface area (Å²) >= 11 is 0. The van der Waals surface area contributed by atoms with E-state index in [-0.39, 0.29) is 17.7 Å². The Morgan fingerprint density at radius 1 is 1.06 bits per heavy atom. The zero-order valence-corrected chi connectivity index (χ0v) is 18.4. The summed E-state index contributed by atoms with van der Waals surface area (Å²) in [6, 6.07) is 6.48. The number of carbonyl (C=O) groups excluding carboxylic acids is 2. The number of nitrogens with zero attached hydrogens (tertiary/aromatic N) is 1. The maximum absolute atomic E-state index is 11.6. The van der Waals surface area contributed by atoms with Gasteiger partial charge in [-0.15, -0.1) is 0 Å². The van der Waals surface area contributed by atoms with Gasteiger partial charge in [-0.2, -0.15) is 0 Å². The third-order valence-electron chi connectivity index (χ3n) is 5.30. The fourth-order valence-corrected chi connectivity index (χ4v) is 3.74. The zero-order valence-electron chi connectivity index (χ0n) is 18.4. The molecular formula is C22H31NO8. The fourth-order valence-electron chi connectivity index (χ4n) is 3.74. The molecule has 2 rings (SSSR count). The van der Waals surface area contributed by atoms with Crippen LogP contribution < -0.4 is 0 Å². The van der Waals surface area contributed by atoms with Gasteiger partial charge in [0.05, 0.1) is 11.0 Å². The molecule has 0 spiro atoms. The van der Waals surface area contributed by atoms with Crippen molar-refractivity contribution < 1.29 is 33.5 Å². The maximum atomic E-state index is 11.6. The van der Waals surface area contributed by atoms with Gasteiger partial charge < -0.3 is 18.9 Å². The average Bonchev–Trinajstić information content (AvgIpc) is 2.71. The van der Waals surface area contributed by atoms with Crippen molar-refractivity contribution >= 4 is 17.6 Å². The lowest BCUT2D eigenvalue weighted by Gasteiger charge is -2.43. The summed E-state index contributed by atoms with van der Waals surface area (Å²) in [4.78, 5) is 33.5. The molecule has 0 radical (unpaired) electrons. The molecule has 1 saturated heterocycles. The van der Waals surface area contributed by atoms with Crippen molar-refractivity contribution in [3.05, 3.63) is 39.9 Å². The molecule has 0 bridgehead atoms. The van der Waals surface area contributed by atoms with E-state index in [0.717, 1.165) is 18.4 Å². The number of ether oxygens (including phenoxy) is 4. The number of carbonyl (C=O) groups is 2. The van der Waals surface area contributed by atoms with E-state index in [4.69, 9.17) is 18.9 Å². The van der Waals surface area contributed by atoms with E-state index in [1.54, 1.807) is 12.1 Å². The molecule has 31 heavy (non-hydrogen) atoms. The Balaban J connectivity index is 1.92. The number of nitro benzene ring substituents is 1. The number of benzene rings is 1. The Kier molecular flexibility index (Phi) is 9.39. The first-order valence-corrected chi connectivity index (χ1v) is 10.6. The molecule has 1 fully saturated rings. The van der Waals surface area contributed by atoms with Crippen molar-refractivity contribution in [2.45, 2.75) is 78.0 Å². The summed E-state index contributed by atoms with van der Waals surface area (Å²) < 4.78 is 22.8. The van der Waals surface area contributed by atoms with Crippen molar-refractivity contribution in [3.63, 3.8) is 0 Å². The largest absolute Gasteiger partial charge is 0.458 e. The molecule has 1 aliphatic rings. The lowest BCUT2D eigenvalue weighted by Crippen LogP contribution is -2.57. The Bertz CT molecular complexity index is 750. The summed E-state index contributed by atoms with van der Waals surface area (Å²) in [6.45, 7) is 6.86. The highest BCUT2D eigenvalue weighted by molar-refractivity contribution is 5.67. The molecule has 0 aliphatic carbocycles. The van der Waals surface area contributed by atoms with Gasteiger partial charge in [-0.1, -0.05) is 26.0 Å². The third kappa shape index (κ3) is 7.29. The van der Waals surface area contributed by atoms with E-state index >= 15 is 0 Å². The summed E-state index contributed by atoms with van der Waals surface area (Å²) in [5.41, 5.74) is 1.08. The van der Waals surface area contributed by atoms with E-state index in [1.165, 1.54) is 26.0 Å². The van der Waals surface area contributed by atoms with Crippen LogP contribution in [0.5, 0.6) is 0 Å². The molecule has 1 aromatic carbocycles. The molecule has 1 aromatic rings. The highest BCUT2D eigenvalue weighted by Crippen LogP contribution is 2.32. The molecule has 0 saturated carbocycles. The van der Waals surface area contributed by atoms with Crippen LogP contribution in [0, 0.1) is 16.0 Å². The lowest BCUT2D eigenvalue weighted by molar-refractivity contribution is -0.384. The SMILES string of the molecule is CC[C@H]1O[C@@H](OCCCCc2ccc([N+](=O)[O-])cc2)[C@H](OC(C)=O)[C@@H](OC(C)=O)[C@@H]1C. The van der Waals surface area contributed by atoms with Crippen LogP contribution in [0.15, 0.2) is 24.3 Å². The Morgan fingerprint density at radius 3 is 2.23 bits per heavy atom. The number of hydrogen-bond donors (Lipinski definition) is 0. The van der Waals surface area contributed by atoms with Gasteiger partial charge in [0.25, 0.3) is 5.69 Å². The first-order valence-electron chi connectivity index (χ1n) is 10.6. The Morgan fingerprint density at radius 2 is 1.68 bits per heavy atom. The number of nitro groups is 1. The van der Waals surface area contributed by atoms with Gasteiger partial charge in [-0.3, -0.25) is 19.7 Å². The van der Waals surface area contributed by atoms with Crippen molar-refractivity contribution in [2.24, 2.45) is 5.92 Å². The number of rotatable bonds is 10. The minimum Gasteiger partial charge on any atom is -0.458 e. The van der Waals surface area contributed by atoms with Crippen LogP contribution in [0.1, 0.15) is 52.5 Å². The normalized spacial score (nSPS) is 25.6. The lowest BCUT2D eigenvalue weighted by atomic mass is 9.89. The van der Waals surface area contributed by atoms with Crippen molar-refractivity contribution in [3.8, 4) is 0 Å². The predicted octanol–water partition coefficient (Wildman–Crippen LogP) is 3.57. The first-order chi connectivity index (χ1) is 14.7. The molecule has 5 atom stereocenters. The summed E-state index contributed by atoms with van der Waals surface area (Å²) in [5.74, 6) is -1.10. The number of aryl methyl sites for hydroxylation is 1. The van der Waals surface area contributed by atoms with E-state index in [2.05, 4.69) is 0 Å². The van der Waals surface area contributed by atoms with E-state index in [1.807, 2.05) is 13.8 Å². The number of esters is 2. The van der Waals surface area contributed by atoms with Crippen LogP contribution in [-0.4, -0.2) is 48.1 Å². The quantitative estimate of drug-likeness (QED) is 0.236. The smallest absolute Gasteiger partial charge is 0.303 e. The van der Waals surface area contributed by atoms with Crippen LogP contribution in [0.3, 0.4) is 0 Å². The van der Waals surface area contributed by atoms with Crippen LogP contribution in [-0.2, 0) is 35.0 Å². The number of hydrogen-bond acceptors (Lipinski definition) is 8. The highest BCUT2D eigenvalue weighted by Gasteiger charge is 2.47. The zero-order chi connectivity index (χ0) is 23.0. The Labute approximate surface area is 182 Å². The van der Waals surface area contributed by atoms with Gasteiger partial charge in [-0.05, 0) is 31.2 Å². The topological polar surface area (TPSA) is 114 Å². The molecule has 1 heterocycles. The van der Waals surface area contributed by atoms with E-state index in [9.17, 15) is 19.7 Å². The van der Waals surface area contributed by atoms with E-state index in [0.29, 0.717) is 19.4 Å². The molecule has 1 aliphatic heterocycles. The second-order valence-corrected chi connectivity index (χ2v) is 7.71. The van der Waals surface area contributed by atoms with Gasteiger partial charge in [0.15, 0.2) is 12.4 Å². The minimum atomic E-state index is -0.839. The number of non-ortho nitro benzene ring substituents is 1. The molecule has 9 nitrogen and oxygen atoms in total. The van der Waals surface area contributed by atoms with Gasteiger partial charge in [0.1, 0.15) is 6.10 Å². The molecule has 0 amide bonds. The van der Waals surface area contributed by atoms with Gasteiger partial charge in [0.2, 0.25) is 0 Å². The van der Waals surface area contributed by atoms with Crippen LogP contribution >= 0.6 is 0 Å². The fraction of sp³-hybridized carbons (Fsp3) is 0.636. The second kappa shape index (κ2) is 11.8. The van der Waals surface area contributed by atoms with Gasteiger partial charge in [0, 0.05) is 38.5 Å². The molecule has 172 valence electrons. The maximum Gasteiger partial charge on any atom is 0.303 e. The molecule has 9 heteroatoms. The standard InChI is InChI=1S/C22H31NO8/c1-5-19-14(2)20(29-15(3)24)21(30-16(4)25)22(31-19)28-13-7-6-8-17-9-11-18(12-10-17)23(26)27/h9-12,14,19-22H,5-8,13H2,1-4H3/t14-,19-,20+,21-,22-/m1/s1. The van der Waals surface area contributed by atoms with Crippen LogP contribution in [0.25, 0.3) is 0 Å². The van der Waals surface area contributed by atoms with Gasteiger partial charge in [-0.25, -0.2) is 0 Å². The van der Waals surface area contributed by atoms with Gasteiger partial charge >= 0.3 is 11.9 Å². The predicted molar refractivity (Wildman–Crippen MR) is 111 cm³/mol. The van der Waals surface area contributed by atoms with E-state index < -0.39 is 35.4 Å². The minimum absolute atomic E-state index is 0.0695. The van der Waals surface area contributed by atoms with Crippen molar-refractivity contribution in [1.29, 1.82) is 0 Å². The molecule has 0 aromatic heterocycles. The third-order valence-corrected chi connectivity index (χ3v) is 5.30. The molecular weight excluding hydrogens is 406 g/mol. The summed E-state index contributed by atoms with van der Waals surface area (Å²) in [6.07, 6.45) is 0.475. The monoisotopic (exact) mass is 437 g/mol. The van der Waals surface area contributed by atoms with Crippen LogP contribution in [0.2, 0.25) is 0 Å².